The molecular weight excluding hydrogens is 594 g/mol. The molecule has 0 radical (unpaired) electrons. The first-order valence-electron chi connectivity index (χ1n) is 9.41. The Morgan fingerprint density at radius 2 is 1.94 bits per heavy atom. The van der Waals surface area contributed by atoms with Crippen LogP contribution in [0.4, 0.5) is 0 Å². The van der Waals surface area contributed by atoms with E-state index in [1.54, 1.807) is 22.8 Å². The van der Waals surface area contributed by atoms with Crippen molar-refractivity contribution in [3.8, 4) is 16.9 Å². The van der Waals surface area contributed by atoms with Gasteiger partial charge in [0.2, 0.25) is 5.69 Å². The Balaban J connectivity index is 0.000000444. The zero-order chi connectivity index (χ0) is 23.2. The summed E-state index contributed by atoms with van der Waals surface area (Å²) < 4.78 is 41.3. The van der Waals surface area contributed by atoms with Gasteiger partial charge in [-0.2, -0.15) is 4.73 Å². The molecule has 11 nitrogen and oxygen atoms in total. The van der Waals surface area contributed by atoms with Crippen molar-refractivity contribution in [2.75, 3.05) is 6.61 Å². The van der Waals surface area contributed by atoms with Gasteiger partial charge in [0.25, 0.3) is 0 Å². The molecule has 1 N–H and O–H groups in total. The van der Waals surface area contributed by atoms with Crippen molar-refractivity contribution in [1.29, 1.82) is 0 Å². The number of pyridine rings is 1. The molecule has 0 saturated carbocycles. The number of aromatic nitrogens is 4. The molecule has 32 heavy (non-hydrogen) atoms. The van der Waals surface area contributed by atoms with E-state index < -0.39 is 21.5 Å². The van der Waals surface area contributed by atoms with Crippen LogP contribution in [0.5, 0.6) is 5.75 Å². The summed E-state index contributed by atoms with van der Waals surface area (Å²) in [4.78, 5) is 15.5. The fourth-order valence-electron chi connectivity index (χ4n) is 3.85. The van der Waals surface area contributed by atoms with E-state index in [-0.39, 0.29) is 12.3 Å². The van der Waals surface area contributed by atoms with Gasteiger partial charge >= 0.3 is 36.9 Å². The number of imidazole rings is 1. The average Bonchev–Trinajstić information content (AvgIpc) is 3.22. The third kappa shape index (κ3) is 3.90. The van der Waals surface area contributed by atoms with Crippen molar-refractivity contribution in [3.63, 3.8) is 0 Å². The Morgan fingerprint density at radius 1 is 1.22 bits per heavy atom. The maximum absolute atomic E-state index is 12.7. The van der Waals surface area contributed by atoms with Crippen LogP contribution in [0.2, 0.25) is 5.40 Å². The summed E-state index contributed by atoms with van der Waals surface area (Å²) in [5.41, 5.74) is 3.88. The van der Waals surface area contributed by atoms with Gasteiger partial charge in [-0.3, -0.25) is 4.57 Å². The minimum absolute atomic E-state index is 0.173. The average molecular weight is 614 g/mol. The van der Waals surface area contributed by atoms with E-state index in [0.717, 1.165) is 26.9 Å². The molecule has 5 rings (SSSR count). The second-order valence-corrected chi connectivity index (χ2v) is 12.0. The Bertz CT molecular complexity index is 1530. The molecule has 1 atom stereocenters. The monoisotopic (exact) mass is 614 g/mol. The molecule has 0 aliphatic carbocycles. The van der Waals surface area contributed by atoms with Crippen molar-refractivity contribution in [1.82, 2.24) is 14.7 Å². The first-order chi connectivity index (χ1) is 15.1. The number of aromatic amines is 1. The van der Waals surface area contributed by atoms with Gasteiger partial charge in [0.05, 0.1) is 16.8 Å². The van der Waals surface area contributed by atoms with Crippen LogP contribution in [-0.4, -0.2) is 21.3 Å². The van der Waals surface area contributed by atoms with E-state index in [4.69, 9.17) is 9.26 Å². The van der Waals surface area contributed by atoms with Crippen molar-refractivity contribution >= 4 is 11.0 Å². The van der Waals surface area contributed by atoms with Crippen molar-refractivity contribution in [3.05, 3.63) is 69.4 Å². The van der Waals surface area contributed by atoms with Crippen molar-refractivity contribution in [2.45, 2.75) is 25.3 Å². The van der Waals surface area contributed by atoms with Gasteiger partial charge < -0.3 is 19.5 Å². The summed E-state index contributed by atoms with van der Waals surface area (Å²) in [5.74, 6) is 1.27. The zero-order valence-electron chi connectivity index (χ0n) is 17.3. The number of ether oxygens (including phenoxy) is 1. The molecule has 4 heterocycles. The first-order valence-corrected chi connectivity index (χ1v) is 15.5. The molecule has 1 aliphatic heterocycles. The van der Waals surface area contributed by atoms with E-state index in [0.29, 0.717) is 28.2 Å². The molecule has 1 aliphatic rings. The van der Waals surface area contributed by atoms with E-state index in [1.807, 2.05) is 26.0 Å². The van der Waals surface area contributed by atoms with Crippen LogP contribution in [0.15, 0.2) is 45.8 Å². The molecule has 0 spiro atoms. The second-order valence-electron chi connectivity index (χ2n) is 7.27. The van der Waals surface area contributed by atoms with E-state index in [2.05, 4.69) is 10.1 Å². The molecule has 0 bridgehead atoms. The van der Waals surface area contributed by atoms with Gasteiger partial charge in [0.15, 0.2) is 18.0 Å². The number of aryl methyl sites for hydroxylation is 2. The van der Waals surface area contributed by atoms with Crippen molar-refractivity contribution < 1.29 is 39.8 Å². The summed E-state index contributed by atoms with van der Waals surface area (Å²) >= 11 is -4.86. The number of nitrogens with zero attached hydrogens (tertiary/aromatic N) is 3. The van der Waals surface area contributed by atoms with Crippen LogP contribution >= 0.6 is 0 Å². The maximum atomic E-state index is 12.7. The molecule has 3 aromatic heterocycles. The molecule has 12 heteroatoms. The molecule has 0 saturated heterocycles. The van der Waals surface area contributed by atoms with Crippen LogP contribution in [-0.2, 0) is 25.8 Å². The molecule has 1 unspecified atom stereocenters. The number of hydrogen-bond acceptors (Lipinski definition) is 8. The number of hydrogen-bond donors (Lipinski definition) is 1. The summed E-state index contributed by atoms with van der Waals surface area (Å²) in [6, 6.07) is 8.33. The molecule has 1 aromatic carbocycles. The normalized spacial score (nSPS) is 15.2. The van der Waals surface area contributed by atoms with Gasteiger partial charge in [-0.15, -0.1) is 0 Å². The van der Waals surface area contributed by atoms with Crippen LogP contribution in [0, 0.1) is 19.1 Å². The number of rotatable bonds is 2. The molecule has 0 fully saturated rings. The van der Waals surface area contributed by atoms with Crippen molar-refractivity contribution in [2.24, 2.45) is 0 Å². The van der Waals surface area contributed by atoms with Gasteiger partial charge in [0.1, 0.15) is 17.9 Å². The predicted octanol–water partition coefficient (Wildman–Crippen LogP) is 2.44. The Labute approximate surface area is 183 Å². The zero-order valence-corrected chi connectivity index (χ0v) is 20.0. The third-order valence-electron chi connectivity index (χ3n) is 5.03. The van der Waals surface area contributed by atoms with E-state index in [1.165, 1.54) is 6.20 Å². The van der Waals surface area contributed by atoms with Gasteiger partial charge in [-0.05, 0) is 32.0 Å². The Hall–Kier alpha value is -3.49. The van der Waals surface area contributed by atoms with E-state index in [9.17, 15) is 20.4 Å². The van der Waals surface area contributed by atoms with Gasteiger partial charge in [-0.25, -0.2) is 4.79 Å². The predicted molar refractivity (Wildman–Crippen MR) is 104 cm³/mol. The number of H-pyrrole nitrogens is 1. The van der Waals surface area contributed by atoms with E-state index >= 15 is 0 Å². The summed E-state index contributed by atoms with van der Waals surface area (Å²) in [5, 5.41) is 17.0. The fourth-order valence-corrected chi connectivity index (χ4v) is 3.85. The summed E-state index contributed by atoms with van der Waals surface area (Å²) in [7, 11) is 0. The standard InChI is InChI=1S/C19H16N4O4.CH3.3O.Re/c1-10-16(11(2)27-21-10)12-6-7-13-17-18(12)26-9-15(23(17)19(24)20-13)14-5-3-4-8-22(14)25;;;;;/h3-8,15H,9H2,1-2H3,(H,20,24);1H3;;;;. The van der Waals surface area contributed by atoms with Crippen LogP contribution < -0.4 is 15.2 Å². The SMILES string of the molecule is Cc1noc(C)c1-c1ccc2[nH]c(=O)n3c2c1OCC3c1cccc[n+]1[O-].[CH3][Re](=[O])(=[O])=[O]. The number of nitrogens with one attached hydrogen (secondary N) is 1. The van der Waals surface area contributed by atoms with Gasteiger partial charge in [-0.1, -0.05) is 5.16 Å². The fraction of sp³-hybridized carbons (Fsp3) is 0.250. The first kappa shape index (κ1) is 21.7. The summed E-state index contributed by atoms with van der Waals surface area (Å²) in [6.07, 6.45) is 1.42. The topological polar surface area (TPSA) is 151 Å². The number of benzene rings is 1. The Morgan fingerprint density at radius 3 is 2.56 bits per heavy atom. The minimum atomic E-state index is -4.86. The molecule has 168 valence electrons. The Kier molecular flexibility index (Phi) is 5.36. The van der Waals surface area contributed by atoms with Crippen LogP contribution in [0.25, 0.3) is 22.2 Å². The second kappa shape index (κ2) is 7.89. The van der Waals surface area contributed by atoms with Crippen LogP contribution in [0.1, 0.15) is 23.2 Å². The van der Waals surface area contributed by atoms with Gasteiger partial charge in [0, 0.05) is 17.7 Å². The molecule has 0 amide bonds. The molecular formula is C20H19N4O7Re. The molecule has 4 aromatic rings. The third-order valence-corrected chi connectivity index (χ3v) is 5.03. The summed E-state index contributed by atoms with van der Waals surface area (Å²) in [6.45, 7) is 3.88. The quantitative estimate of drug-likeness (QED) is 0.268. The van der Waals surface area contributed by atoms with Crippen LogP contribution in [0.3, 0.4) is 0 Å².